The lowest BCUT2D eigenvalue weighted by Gasteiger charge is -2.37. The van der Waals surface area contributed by atoms with Crippen LogP contribution in [0.5, 0.6) is 0 Å². The molecule has 0 unspecified atom stereocenters. The van der Waals surface area contributed by atoms with Crippen LogP contribution in [0.3, 0.4) is 0 Å². The van der Waals surface area contributed by atoms with Gasteiger partial charge in [-0.2, -0.15) is 0 Å². The first-order valence-electron chi connectivity index (χ1n) is 11.1. The molecule has 0 bridgehead atoms. The molecule has 2 aromatic heterocycles. The average Bonchev–Trinajstić information content (AvgIpc) is 2.81. The Bertz CT molecular complexity index is 1420. The lowest BCUT2D eigenvalue weighted by atomic mass is 9.88. The van der Waals surface area contributed by atoms with Crippen LogP contribution in [0.1, 0.15) is 35.4 Å². The number of rotatable bonds is 2. The number of nitrogens with zero attached hydrogens (tertiary/aromatic N) is 5. The molecule has 0 radical (unpaired) electrons. The summed E-state index contributed by atoms with van der Waals surface area (Å²) in [6, 6.07) is 9.86. The van der Waals surface area contributed by atoms with Gasteiger partial charge in [-0.15, -0.1) is 20.4 Å². The molecule has 160 valence electrons. The molecule has 7 heteroatoms. The van der Waals surface area contributed by atoms with Crippen molar-refractivity contribution in [2.75, 3.05) is 18.0 Å². The van der Waals surface area contributed by atoms with E-state index in [1.165, 1.54) is 23.2 Å². The monoisotopic (exact) mass is 425 g/mol. The largest absolute Gasteiger partial charge is 0.422 e. The van der Waals surface area contributed by atoms with Gasteiger partial charge in [-0.25, -0.2) is 4.79 Å². The van der Waals surface area contributed by atoms with Crippen LogP contribution >= 0.6 is 0 Å². The molecule has 2 aromatic carbocycles. The van der Waals surface area contributed by atoms with Gasteiger partial charge in [0.2, 0.25) is 5.82 Å². The Labute approximate surface area is 185 Å². The standard InChI is InChI=1S/C25H23N5O2/c1-14-20-13-17-8-4-10-30-11-5-9-19(22(17)30)23(20)32-25(31)21(14)16-6-3-7-18(12-16)24-28-26-15(2)27-29-24/h3,6-7,12-13H,4-5,8-11H2,1-2H3. The summed E-state index contributed by atoms with van der Waals surface area (Å²) >= 11 is 0. The Morgan fingerprint density at radius 1 is 0.938 bits per heavy atom. The minimum atomic E-state index is -0.308. The van der Waals surface area contributed by atoms with Gasteiger partial charge < -0.3 is 9.32 Å². The van der Waals surface area contributed by atoms with Gasteiger partial charge in [0.25, 0.3) is 0 Å². The van der Waals surface area contributed by atoms with Crippen LogP contribution in [0, 0.1) is 13.8 Å². The Kier molecular flexibility index (Phi) is 4.31. The highest BCUT2D eigenvalue weighted by molar-refractivity contribution is 5.94. The molecule has 7 nitrogen and oxygen atoms in total. The van der Waals surface area contributed by atoms with Crippen LogP contribution < -0.4 is 10.5 Å². The van der Waals surface area contributed by atoms with E-state index in [2.05, 4.69) is 31.4 Å². The SMILES string of the molecule is Cc1nnc(-c2cccc(-c3c(C)c4cc5c6c(c4oc3=O)CCCN6CCC5)c2)nn1. The summed E-state index contributed by atoms with van der Waals surface area (Å²) in [5.74, 6) is 0.945. The van der Waals surface area contributed by atoms with Crippen LogP contribution in [0.25, 0.3) is 33.5 Å². The van der Waals surface area contributed by atoms with E-state index in [0.29, 0.717) is 17.2 Å². The van der Waals surface area contributed by atoms with Crippen molar-refractivity contribution in [3.63, 3.8) is 0 Å². The zero-order valence-electron chi connectivity index (χ0n) is 18.2. The molecule has 4 heterocycles. The fraction of sp³-hybridized carbons (Fsp3) is 0.320. The van der Waals surface area contributed by atoms with Crippen molar-refractivity contribution in [2.24, 2.45) is 0 Å². The van der Waals surface area contributed by atoms with Crippen LogP contribution in [0.4, 0.5) is 5.69 Å². The Balaban J connectivity index is 1.55. The summed E-state index contributed by atoms with van der Waals surface area (Å²) in [7, 11) is 0. The van der Waals surface area contributed by atoms with Crippen LogP contribution in [-0.2, 0) is 12.8 Å². The third-order valence-corrected chi connectivity index (χ3v) is 6.64. The van der Waals surface area contributed by atoms with Gasteiger partial charge in [0, 0.05) is 35.3 Å². The minimum absolute atomic E-state index is 0.308. The maximum absolute atomic E-state index is 13.2. The molecule has 2 aliphatic heterocycles. The van der Waals surface area contributed by atoms with Gasteiger partial charge in [-0.3, -0.25) is 0 Å². The zero-order chi connectivity index (χ0) is 21.8. The van der Waals surface area contributed by atoms with E-state index in [0.717, 1.165) is 60.0 Å². The predicted octanol–water partition coefficient (Wildman–Crippen LogP) is 4.02. The molecule has 0 atom stereocenters. The molecule has 4 aromatic rings. The first-order chi connectivity index (χ1) is 15.6. The smallest absolute Gasteiger partial charge is 0.344 e. The van der Waals surface area contributed by atoms with Crippen molar-refractivity contribution >= 4 is 16.7 Å². The summed E-state index contributed by atoms with van der Waals surface area (Å²) in [6.07, 6.45) is 4.29. The molecule has 6 rings (SSSR count). The van der Waals surface area contributed by atoms with E-state index >= 15 is 0 Å². The lowest BCUT2D eigenvalue weighted by molar-refractivity contribution is 0.551. The van der Waals surface area contributed by atoms with E-state index in [4.69, 9.17) is 4.42 Å². The van der Waals surface area contributed by atoms with Gasteiger partial charge in [0.1, 0.15) is 5.58 Å². The van der Waals surface area contributed by atoms with Crippen molar-refractivity contribution in [2.45, 2.75) is 39.5 Å². The summed E-state index contributed by atoms with van der Waals surface area (Å²) in [5.41, 5.74) is 7.42. The number of hydrogen-bond acceptors (Lipinski definition) is 7. The summed E-state index contributed by atoms with van der Waals surface area (Å²) in [5, 5.41) is 17.3. The summed E-state index contributed by atoms with van der Waals surface area (Å²) < 4.78 is 6.02. The molecule has 2 aliphatic rings. The predicted molar refractivity (Wildman–Crippen MR) is 123 cm³/mol. The summed E-state index contributed by atoms with van der Waals surface area (Å²) in [4.78, 5) is 15.7. The van der Waals surface area contributed by atoms with Crippen molar-refractivity contribution in [1.82, 2.24) is 20.4 Å². The topological polar surface area (TPSA) is 85.0 Å². The fourth-order valence-corrected chi connectivity index (χ4v) is 5.20. The molecule has 0 fully saturated rings. The maximum Gasteiger partial charge on any atom is 0.344 e. The van der Waals surface area contributed by atoms with Crippen LogP contribution in [-0.4, -0.2) is 33.5 Å². The number of hydrogen-bond donors (Lipinski definition) is 0. The summed E-state index contributed by atoms with van der Waals surface area (Å²) in [6.45, 7) is 5.94. The van der Waals surface area contributed by atoms with Crippen molar-refractivity contribution in [1.29, 1.82) is 0 Å². The first kappa shape index (κ1) is 19.1. The fourth-order valence-electron chi connectivity index (χ4n) is 5.20. The lowest BCUT2D eigenvalue weighted by Crippen LogP contribution is -2.34. The molecule has 0 saturated carbocycles. The van der Waals surface area contributed by atoms with E-state index in [1.807, 2.05) is 31.2 Å². The van der Waals surface area contributed by atoms with Crippen molar-refractivity contribution in [3.05, 3.63) is 63.3 Å². The third kappa shape index (κ3) is 2.92. The molecule has 32 heavy (non-hydrogen) atoms. The minimum Gasteiger partial charge on any atom is -0.422 e. The van der Waals surface area contributed by atoms with Gasteiger partial charge in [-0.05, 0) is 68.4 Å². The molecule has 0 spiro atoms. The Hall–Kier alpha value is -3.61. The Morgan fingerprint density at radius 2 is 1.69 bits per heavy atom. The molecule has 0 saturated heterocycles. The first-order valence-corrected chi connectivity index (χ1v) is 11.1. The highest BCUT2D eigenvalue weighted by Crippen LogP contribution is 2.41. The van der Waals surface area contributed by atoms with Gasteiger partial charge in [0.05, 0.1) is 5.56 Å². The zero-order valence-corrected chi connectivity index (χ0v) is 18.2. The second-order valence-electron chi connectivity index (χ2n) is 8.67. The molecule has 0 amide bonds. The van der Waals surface area contributed by atoms with E-state index in [-0.39, 0.29) is 5.63 Å². The van der Waals surface area contributed by atoms with Crippen molar-refractivity contribution in [3.8, 4) is 22.5 Å². The highest BCUT2D eigenvalue weighted by atomic mass is 16.4. The molecular weight excluding hydrogens is 402 g/mol. The number of aryl methyl sites for hydroxylation is 4. The average molecular weight is 425 g/mol. The van der Waals surface area contributed by atoms with Gasteiger partial charge in [0.15, 0.2) is 5.82 Å². The van der Waals surface area contributed by atoms with Crippen molar-refractivity contribution < 1.29 is 4.42 Å². The molecular formula is C25H23N5O2. The number of fused-ring (bicyclic) bond motifs is 2. The second kappa shape index (κ2) is 7.22. The third-order valence-electron chi connectivity index (χ3n) is 6.64. The van der Waals surface area contributed by atoms with Gasteiger partial charge in [-0.1, -0.05) is 18.2 Å². The van der Waals surface area contributed by atoms with Gasteiger partial charge >= 0.3 is 5.63 Å². The molecule has 0 aliphatic carbocycles. The maximum atomic E-state index is 13.2. The normalized spacial score (nSPS) is 15.1. The van der Waals surface area contributed by atoms with Crippen LogP contribution in [0.2, 0.25) is 0 Å². The van der Waals surface area contributed by atoms with E-state index < -0.39 is 0 Å². The van der Waals surface area contributed by atoms with E-state index in [9.17, 15) is 4.79 Å². The van der Waals surface area contributed by atoms with E-state index in [1.54, 1.807) is 6.92 Å². The number of aromatic nitrogens is 4. The number of anilines is 1. The van der Waals surface area contributed by atoms with Crippen LogP contribution in [0.15, 0.2) is 39.5 Å². The quantitative estimate of drug-likeness (QED) is 0.448. The number of benzene rings is 2. The molecule has 0 N–H and O–H groups in total. The second-order valence-corrected chi connectivity index (χ2v) is 8.67. The Morgan fingerprint density at radius 3 is 2.50 bits per heavy atom. The highest BCUT2D eigenvalue weighted by Gasteiger charge is 2.28.